The highest BCUT2D eigenvalue weighted by molar-refractivity contribution is 7.90. The lowest BCUT2D eigenvalue weighted by Crippen LogP contribution is -2.16. The van der Waals surface area contributed by atoms with E-state index in [9.17, 15) is 13.2 Å². The number of aryl methyl sites for hydroxylation is 1. The van der Waals surface area contributed by atoms with Crippen LogP contribution in [-0.2, 0) is 10.0 Å². The minimum Gasteiger partial charge on any atom is -0.274 e. The predicted molar refractivity (Wildman–Crippen MR) is 85.9 cm³/mol. The molecule has 0 unspecified atom stereocenters. The second-order valence-corrected chi connectivity index (χ2v) is 7.02. The molecular formula is C16H12ClNO3S. The van der Waals surface area contributed by atoms with Crippen LogP contribution in [0.4, 0.5) is 0 Å². The van der Waals surface area contributed by atoms with Crippen LogP contribution in [0.5, 0.6) is 0 Å². The van der Waals surface area contributed by atoms with Gasteiger partial charge in [0.1, 0.15) is 5.69 Å². The zero-order chi connectivity index (χ0) is 15.9. The molecular weight excluding hydrogens is 322 g/mol. The van der Waals surface area contributed by atoms with Gasteiger partial charge >= 0.3 is 0 Å². The summed E-state index contributed by atoms with van der Waals surface area (Å²) < 4.78 is 26.8. The molecule has 0 fully saturated rings. The zero-order valence-electron chi connectivity index (χ0n) is 11.7. The number of nitrogens with zero attached hydrogens (tertiary/aromatic N) is 1. The molecule has 3 aromatic rings. The third-order valence-electron chi connectivity index (χ3n) is 3.50. The van der Waals surface area contributed by atoms with Crippen LogP contribution in [0.15, 0.2) is 59.5 Å². The minimum absolute atomic E-state index is 0.0604. The van der Waals surface area contributed by atoms with Gasteiger partial charge in [-0.05, 0) is 48.4 Å². The van der Waals surface area contributed by atoms with Crippen molar-refractivity contribution in [1.82, 2.24) is 3.97 Å². The summed E-state index contributed by atoms with van der Waals surface area (Å²) in [7, 11) is -3.90. The number of hydrogen-bond donors (Lipinski definition) is 0. The fraction of sp³-hybridized carbons (Fsp3) is 0.0625. The Morgan fingerprint density at radius 2 is 1.73 bits per heavy atom. The van der Waals surface area contributed by atoms with E-state index >= 15 is 0 Å². The summed E-state index contributed by atoms with van der Waals surface area (Å²) in [4.78, 5) is 11.8. The van der Waals surface area contributed by atoms with Crippen molar-refractivity contribution in [2.75, 3.05) is 0 Å². The molecule has 1 aromatic heterocycles. The first-order valence-corrected chi connectivity index (χ1v) is 8.36. The molecule has 22 heavy (non-hydrogen) atoms. The summed E-state index contributed by atoms with van der Waals surface area (Å²) >= 11 is 5.60. The van der Waals surface area contributed by atoms with Gasteiger partial charge in [0.2, 0.25) is 0 Å². The Morgan fingerprint density at radius 3 is 2.36 bits per heavy atom. The molecule has 4 nitrogen and oxygen atoms in total. The van der Waals surface area contributed by atoms with E-state index in [1.807, 2.05) is 13.0 Å². The Morgan fingerprint density at radius 1 is 1.05 bits per heavy atom. The Hall–Kier alpha value is -2.11. The third kappa shape index (κ3) is 2.23. The van der Waals surface area contributed by atoms with Crippen LogP contribution >= 0.6 is 11.6 Å². The molecule has 0 aliphatic carbocycles. The molecule has 0 N–H and O–H groups in total. The van der Waals surface area contributed by atoms with E-state index in [4.69, 9.17) is 11.6 Å². The average molecular weight is 334 g/mol. The van der Waals surface area contributed by atoms with Crippen LogP contribution in [0.2, 0.25) is 0 Å². The maximum absolute atomic E-state index is 12.9. The van der Waals surface area contributed by atoms with Gasteiger partial charge in [0, 0.05) is 5.39 Å². The van der Waals surface area contributed by atoms with Gasteiger partial charge in [-0.15, -0.1) is 0 Å². The molecule has 0 atom stereocenters. The molecule has 2 aromatic carbocycles. The van der Waals surface area contributed by atoms with Gasteiger partial charge in [0.25, 0.3) is 15.3 Å². The molecule has 0 saturated carbocycles. The lowest BCUT2D eigenvalue weighted by Gasteiger charge is -2.10. The third-order valence-corrected chi connectivity index (χ3v) is 5.44. The Bertz CT molecular complexity index is 975. The molecule has 3 rings (SSSR count). The summed E-state index contributed by atoms with van der Waals surface area (Å²) in [6, 6.07) is 14.7. The van der Waals surface area contributed by atoms with E-state index in [1.165, 1.54) is 18.2 Å². The zero-order valence-corrected chi connectivity index (χ0v) is 13.2. The largest absolute Gasteiger partial charge is 0.274 e. The van der Waals surface area contributed by atoms with Crippen LogP contribution in [0, 0.1) is 6.92 Å². The van der Waals surface area contributed by atoms with Crippen LogP contribution in [0.25, 0.3) is 10.9 Å². The summed E-state index contributed by atoms with van der Waals surface area (Å²) in [5.41, 5.74) is 1.25. The molecule has 0 aliphatic heterocycles. The number of fused-ring (bicyclic) bond motifs is 1. The molecule has 112 valence electrons. The summed E-state index contributed by atoms with van der Waals surface area (Å²) in [5.74, 6) is 0. The van der Waals surface area contributed by atoms with E-state index < -0.39 is 15.3 Å². The van der Waals surface area contributed by atoms with Crippen LogP contribution in [0.3, 0.4) is 0 Å². The van der Waals surface area contributed by atoms with Gasteiger partial charge in [-0.3, -0.25) is 4.79 Å². The maximum Gasteiger partial charge on any atom is 0.269 e. The van der Waals surface area contributed by atoms with Gasteiger partial charge in [0.05, 0.1) is 10.4 Å². The lowest BCUT2D eigenvalue weighted by molar-refractivity contribution is 0.107. The molecule has 0 radical (unpaired) electrons. The summed E-state index contributed by atoms with van der Waals surface area (Å²) in [6.07, 6.45) is 0. The van der Waals surface area contributed by atoms with Crippen molar-refractivity contribution in [3.63, 3.8) is 0 Å². The second kappa shape index (κ2) is 5.26. The number of hydrogen-bond acceptors (Lipinski definition) is 3. The first-order valence-electron chi connectivity index (χ1n) is 6.54. The highest BCUT2D eigenvalue weighted by atomic mass is 35.5. The fourth-order valence-corrected chi connectivity index (χ4v) is 4.16. The SMILES string of the molecule is Cc1cccc2c1cc(C(=O)Cl)n2S(=O)(=O)c1ccccc1. The van der Waals surface area contributed by atoms with E-state index in [2.05, 4.69) is 0 Å². The highest BCUT2D eigenvalue weighted by Gasteiger charge is 2.25. The second-order valence-electron chi connectivity index (χ2n) is 4.89. The van der Waals surface area contributed by atoms with Crippen molar-refractivity contribution in [3.8, 4) is 0 Å². The Kier molecular flexibility index (Phi) is 3.54. The number of rotatable bonds is 3. The average Bonchev–Trinajstić information content (AvgIpc) is 2.90. The van der Waals surface area contributed by atoms with Gasteiger partial charge < -0.3 is 0 Å². The number of aromatic nitrogens is 1. The molecule has 0 aliphatic rings. The monoisotopic (exact) mass is 333 g/mol. The number of benzene rings is 2. The molecule has 0 bridgehead atoms. The standard InChI is InChI=1S/C16H12ClNO3S/c1-11-6-5-9-14-13(11)10-15(16(17)19)18(14)22(20,21)12-7-3-2-4-8-12/h2-10H,1H3. The molecule has 0 saturated heterocycles. The fourth-order valence-electron chi connectivity index (χ4n) is 2.45. The van der Waals surface area contributed by atoms with Crippen molar-refractivity contribution in [2.24, 2.45) is 0 Å². The maximum atomic E-state index is 12.9. The number of halogens is 1. The van der Waals surface area contributed by atoms with Crippen LogP contribution in [0.1, 0.15) is 16.1 Å². The lowest BCUT2D eigenvalue weighted by atomic mass is 10.1. The molecule has 0 spiro atoms. The van der Waals surface area contributed by atoms with Crippen LogP contribution < -0.4 is 0 Å². The van der Waals surface area contributed by atoms with Gasteiger partial charge in [-0.1, -0.05) is 30.3 Å². The minimum atomic E-state index is -3.90. The molecule has 6 heteroatoms. The van der Waals surface area contributed by atoms with Crippen molar-refractivity contribution >= 4 is 37.8 Å². The van der Waals surface area contributed by atoms with E-state index in [0.29, 0.717) is 10.9 Å². The normalized spacial score (nSPS) is 11.7. The highest BCUT2D eigenvalue weighted by Crippen LogP contribution is 2.28. The molecule has 1 heterocycles. The summed E-state index contributed by atoms with van der Waals surface area (Å²) in [5, 5.41) is -0.124. The van der Waals surface area contributed by atoms with Crippen molar-refractivity contribution < 1.29 is 13.2 Å². The smallest absolute Gasteiger partial charge is 0.269 e. The van der Waals surface area contributed by atoms with Gasteiger partial charge in [-0.2, -0.15) is 0 Å². The van der Waals surface area contributed by atoms with E-state index in [1.54, 1.807) is 30.3 Å². The predicted octanol–water partition coefficient (Wildman–Crippen LogP) is 3.57. The first-order chi connectivity index (χ1) is 10.4. The van der Waals surface area contributed by atoms with Gasteiger partial charge in [0.15, 0.2) is 0 Å². The number of carbonyl (C=O) groups is 1. The Balaban J connectivity index is 2.42. The van der Waals surface area contributed by atoms with Crippen molar-refractivity contribution in [1.29, 1.82) is 0 Å². The number of carbonyl (C=O) groups excluding carboxylic acids is 1. The van der Waals surface area contributed by atoms with Crippen molar-refractivity contribution in [3.05, 3.63) is 65.9 Å². The van der Waals surface area contributed by atoms with E-state index in [0.717, 1.165) is 9.54 Å². The Labute approximate surface area is 133 Å². The topological polar surface area (TPSA) is 56.1 Å². The quantitative estimate of drug-likeness (QED) is 0.688. The first kappa shape index (κ1) is 14.8. The summed E-state index contributed by atoms with van der Waals surface area (Å²) in [6.45, 7) is 1.85. The van der Waals surface area contributed by atoms with E-state index in [-0.39, 0.29) is 10.6 Å². The molecule has 0 amide bonds. The van der Waals surface area contributed by atoms with Gasteiger partial charge in [-0.25, -0.2) is 12.4 Å². The van der Waals surface area contributed by atoms with Crippen LogP contribution in [-0.4, -0.2) is 17.6 Å². The van der Waals surface area contributed by atoms with Crippen molar-refractivity contribution in [2.45, 2.75) is 11.8 Å².